The number of β-lactam (4-membered cyclic amide) rings is 1. The van der Waals surface area contributed by atoms with E-state index in [2.05, 4.69) is 33.9 Å². The lowest BCUT2D eigenvalue weighted by atomic mass is 9.82. The number of esters is 1. The number of hydrogen-bond acceptors (Lipinski definition) is 5. The second-order valence-electron chi connectivity index (χ2n) is 10.5. The van der Waals surface area contributed by atoms with Crippen molar-refractivity contribution in [3.63, 3.8) is 0 Å². The molecule has 3 rings (SSSR count). The van der Waals surface area contributed by atoms with Crippen molar-refractivity contribution in [2.45, 2.75) is 84.3 Å². The maximum Gasteiger partial charge on any atom is 0.355 e. The van der Waals surface area contributed by atoms with Crippen LogP contribution in [0.3, 0.4) is 0 Å². The van der Waals surface area contributed by atoms with Gasteiger partial charge in [-0.15, -0.1) is 0 Å². The van der Waals surface area contributed by atoms with Gasteiger partial charge < -0.3 is 14.1 Å². The molecule has 0 saturated carbocycles. The lowest BCUT2D eigenvalue weighted by molar-refractivity contribution is -0.162. The minimum Gasteiger partial charge on any atom is -0.456 e. The maximum absolute atomic E-state index is 13.2. The minimum absolute atomic E-state index is 0.0356. The van der Waals surface area contributed by atoms with Crippen molar-refractivity contribution in [1.82, 2.24) is 4.90 Å². The highest BCUT2D eigenvalue weighted by molar-refractivity contribution is 6.74. The van der Waals surface area contributed by atoms with Gasteiger partial charge in [-0.3, -0.25) is 9.59 Å². The van der Waals surface area contributed by atoms with Crippen LogP contribution in [0.25, 0.3) is 0 Å². The van der Waals surface area contributed by atoms with E-state index >= 15 is 0 Å². The number of ether oxygens (including phenoxy) is 1. The molecule has 0 aliphatic carbocycles. The molecule has 0 aromatic heterocycles. The van der Waals surface area contributed by atoms with Crippen molar-refractivity contribution in [2.24, 2.45) is 5.92 Å². The summed E-state index contributed by atoms with van der Waals surface area (Å²) in [6.45, 7) is 14.4. The Hall–Kier alpha value is -2.25. The molecule has 7 heteroatoms. The minimum atomic E-state index is -2.05. The summed E-state index contributed by atoms with van der Waals surface area (Å²) in [4.78, 5) is 39.6. The zero-order chi connectivity index (χ0) is 23.8. The van der Waals surface area contributed by atoms with Crippen LogP contribution in [-0.2, 0) is 30.2 Å². The summed E-state index contributed by atoms with van der Waals surface area (Å²) in [5.41, 5.74) is 1.81. The molecule has 0 radical (unpaired) electrons. The van der Waals surface area contributed by atoms with Gasteiger partial charge >= 0.3 is 5.97 Å². The fourth-order valence-corrected chi connectivity index (χ4v) is 5.73. The summed E-state index contributed by atoms with van der Waals surface area (Å²) in [7, 11) is -2.05. The predicted molar refractivity (Wildman–Crippen MR) is 125 cm³/mol. The zero-order valence-corrected chi connectivity index (χ0v) is 21.2. The molecule has 2 aliphatic heterocycles. The number of carbonyl (C=O) groups excluding carboxylic acids is 3. The van der Waals surface area contributed by atoms with Crippen LogP contribution >= 0.6 is 0 Å². The molecule has 3 atom stereocenters. The first-order valence-corrected chi connectivity index (χ1v) is 14.2. The van der Waals surface area contributed by atoms with Crippen LogP contribution in [0.15, 0.2) is 41.6 Å². The first kappa shape index (κ1) is 24.4. The quantitative estimate of drug-likeness (QED) is 0.324. The molecule has 1 aromatic carbocycles. The Balaban J connectivity index is 1.76. The Morgan fingerprint density at radius 1 is 1.19 bits per heavy atom. The van der Waals surface area contributed by atoms with Crippen LogP contribution in [0.4, 0.5) is 0 Å². The average Bonchev–Trinajstić information content (AvgIpc) is 2.99. The van der Waals surface area contributed by atoms with Crippen LogP contribution in [0.5, 0.6) is 0 Å². The van der Waals surface area contributed by atoms with E-state index in [-0.39, 0.29) is 53.5 Å². The van der Waals surface area contributed by atoms with Crippen LogP contribution in [-0.4, -0.2) is 43.0 Å². The number of hydrogen-bond donors (Lipinski definition) is 0. The number of amides is 1. The summed E-state index contributed by atoms with van der Waals surface area (Å²) in [6.07, 6.45) is 0.417. The van der Waals surface area contributed by atoms with E-state index in [1.54, 1.807) is 4.90 Å². The van der Waals surface area contributed by atoms with Crippen molar-refractivity contribution >= 4 is 26.0 Å². The van der Waals surface area contributed by atoms with Crippen LogP contribution in [0.2, 0.25) is 18.1 Å². The molecule has 0 N–H and O–H groups in total. The van der Waals surface area contributed by atoms with Gasteiger partial charge in [-0.25, -0.2) is 4.79 Å². The van der Waals surface area contributed by atoms with E-state index in [0.29, 0.717) is 12.0 Å². The third-order valence-corrected chi connectivity index (χ3v) is 11.5. The highest BCUT2D eigenvalue weighted by atomic mass is 28.4. The monoisotopic (exact) mass is 457 g/mol. The van der Waals surface area contributed by atoms with Gasteiger partial charge in [0.2, 0.25) is 5.91 Å². The zero-order valence-electron chi connectivity index (χ0n) is 20.2. The molecule has 32 heavy (non-hydrogen) atoms. The van der Waals surface area contributed by atoms with E-state index < -0.39 is 14.3 Å². The lowest BCUT2D eigenvalue weighted by Gasteiger charge is -2.49. The first-order chi connectivity index (χ1) is 14.8. The predicted octanol–water partition coefficient (Wildman–Crippen LogP) is 4.60. The molecule has 0 unspecified atom stereocenters. The lowest BCUT2D eigenvalue weighted by Crippen LogP contribution is -2.63. The third kappa shape index (κ3) is 4.74. The van der Waals surface area contributed by atoms with E-state index in [0.717, 1.165) is 5.56 Å². The van der Waals surface area contributed by atoms with Gasteiger partial charge in [-0.05, 0) is 49.5 Å². The van der Waals surface area contributed by atoms with Crippen LogP contribution < -0.4 is 0 Å². The molecule has 0 spiro atoms. The number of fused-ring (bicyclic) bond motifs is 1. The molecule has 174 valence electrons. The molecule has 6 nitrogen and oxygen atoms in total. The standard InChI is InChI=1S/C25H35NO5Si/c1-16(27)13-19-14-20-21(17(2)31-32(6,7)25(3,4)5)23(28)26(20)22(19)24(29)30-15-18-11-9-8-10-12-18/h8-12,17,20-21H,13-15H2,1-7H3/t17-,20-,21-/m1/s1. The van der Waals surface area contributed by atoms with Crippen molar-refractivity contribution in [2.75, 3.05) is 0 Å². The summed E-state index contributed by atoms with van der Waals surface area (Å²) in [6, 6.07) is 9.24. The fourth-order valence-electron chi connectivity index (χ4n) is 4.30. The molecular weight excluding hydrogens is 422 g/mol. The van der Waals surface area contributed by atoms with Crippen molar-refractivity contribution in [1.29, 1.82) is 0 Å². The molecule has 1 aromatic rings. The van der Waals surface area contributed by atoms with E-state index in [1.165, 1.54) is 6.92 Å². The number of Topliss-reactive ketones (excluding diaryl/α,β-unsaturated/α-hetero) is 1. The fraction of sp³-hybridized carbons (Fsp3) is 0.560. The Kier molecular flexibility index (Phi) is 6.82. The SMILES string of the molecule is CC(=O)CC1=C(C(=O)OCc2ccccc2)N2C(=O)[C@H]([C@@H](C)O[Si](C)(C)C(C)(C)C)[C@H]2C1. The van der Waals surface area contributed by atoms with Crippen LogP contribution in [0.1, 0.15) is 53.0 Å². The number of ketones is 1. The maximum atomic E-state index is 13.2. The van der Waals surface area contributed by atoms with Crippen molar-refractivity contribution in [3.8, 4) is 0 Å². The normalized spacial score (nSPS) is 21.8. The highest BCUT2D eigenvalue weighted by Gasteiger charge is 2.58. The van der Waals surface area contributed by atoms with E-state index in [1.807, 2.05) is 37.3 Å². The van der Waals surface area contributed by atoms with E-state index in [4.69, 9.17) is 9.16 Å². The van der Waals surface area contributed by atoms with Crippen molar-refractivity contribution in [3.05, 3.63) is 47.2 Å². The number of nitrogens with zero attached hydrogens (tertiary/aromatic N) is 1. The van der Waals surface area contributed by atoms with E-state index in [9.17, 15) is 14.4 Å². The van der Waals surface area contributed by atoms with Gasteiger partial charge in [0.05, 0.1) is 18.1 Å². The number of benzene rings is 1. The van der Waals surface area contributed by atoms with Gasteiger partial charge in [0.15, 0.2) is 8.32 Å². The summed E-state index contributed by atoms with van der Waals surface area (Å²) >= 11 is 0. The largest absolute Gasteiger partial charge is 0.456 e. The molecule has 1 fully saturated rings. The number of carbonyl (C=O) groups is 3. The molecule has 2 aliphatic rings. The van der Waals surface area contributed by atoms with Gasteiger partial charge in [-0.1, -0.05) is 51.1 Å². The molecule has 0 bridgehead atoms. The Morgan fingerprint density at radius 3 is 2.38 bits per heavy atom. The highest BCUT2D eigenvalue weighted by Crippen LogP contribution is 2.47. The molecular formula is C25H35NO5Si. The second kappa shape index (κ2) is 8.94. The smallest absolute Gasteiger partial charge is 0.355 e. The second-order valence-corrected chi connectivity index (χ2v) is 15.2. The molecule has 1 amide bonds. The Morgan fingerprint density at radius 2 is 1.81 bits per heavy atom. The molecule has 1 saturated heterocycles. The average molecular weight is 458 g/mol. The summed E-state index contributed by atoms with van der Waals surface area (Å²) < 4.78 is 12.0. The Bertz CT molecular complexity index is 931. The Labute approximate surface area is 192 Å². The van der Waals surface area contributed by atoms with Gasteiger partial charge in [0, 0.05) is 6.42 Å². The summed E-state index contributed by atoms with van der Waals surface area (Å²) in [5, 5.41) is 0.0356. The van der Waals surface area contributed by atoms with Gasteiger partial charge in [0.25, 0.3) is 0 Å². The molecule has 2 heterocycles. The first-order valence-electron chi connectivity index (χ1n) is 11.3. The van der Waals surface area contributed by atoms with Crippen LogP contribution in [0, 0.1) is 5.92 Å². The number of rotatable bonds is 8. The summed E-state index contributed by atoms with van der Waals surface area (Å²) in [5.74, 6) is -1.01. The topological polar surface area (TPSA) is 72.9 Å². The van der Waals surface area contributed by atoms with Gasteiger partial charge in [-0.2, -0.15) is 0 Å². The third-order valence-electron chi connectivity index (χ3n) is 6.96. The van der Waals surface area contributed by atoms with Crippen molar-refractivity contribution < 1.29 is 23.5 Å². The van der Waals surface area contributed by atoms with Gasteiger partial charge in [0.1, 0.15) is 18.1 Å².